The highest BCUT2D eigenvalue weighted by molar-refractivity contribution is 7.89. The summed E-state index contributed by atoms with van der Waals surface area (Å²) in [5, 5.41) is 0. The van der Waals surface area contributed by atoms with E-state index < -0.39 is 10.0 Å². The van der Waals surface area contributed by atoms with Gasteiger partial charge in [0, 0.05) is 51.7 Å². The molecule has 1 aliphatic rings. The Morgan fingerprint density at radius 2 is 1.89 bits per heavy atom. The summed E-state index contributed by atoms with van der Waals surface area (Å²) in [7, 11) is -3.02. The van der Waals surface area contributed by atoms with Gasteiger partial charge < -0.3 is 4.57 Å². The average molecular weight is 286 g/mol. The minimum Gasteiger partial charge on any atom is -0.334 e. The van der Waals surface area contributed by atoms with E-state index in [0.717, 1.165) is 32.0 Å². The van der Waals surface area contributed by atoms with E-state index in [-0.39, 0.29) is 5.75 Å². The van der Waals surface area contributed by atoms with Gasteiger partial charge in [-0.1, -0.05) is 0 Å². The Bertz CT molecular complexity index is 504. The maximum Gasteiger partial charge on any atom is 0.213 e. The Kier molecular flexibility index (Phi) is 4.59. The van der Waals surface area contributed by atoms with Gasteiger partial charge in [-0.25, -0.2) is 13.4 Å². The zero-order valence-electron chi connectivity index (χ0n) is 11.6. The summed E-state index contributed by atoms with van der Waals surface area (Å²) >= 11 is 0. The minimum atomic E-state index is -3.02. The molecule has 19 heavy (non-hydrogen) atoms. The third-order valence-electron chi connectivity index (χ3n) is 3.67. The molecule has 2 rings (SSSR count). The number of rotatable bonds is 5. The van der Waals surface area contributed by atoms with Gasteiger partial charge in [0.15, 0.2) is 0 Å². The standard InChI is InChI=1S/C12H22N4O2S/c1-3-19(17,18)16-10-7-14(8-11-16)6-9-15-5-4-13-12(15)2/h4-5H,3,6-11H2,1-2H3. The van der Waals surface area contributed by atoms with E-state index >= 15 is 0 Å². The monoisotopic (exact) mass is 286 g/mol. The first-order valence-electron chi connectivity index (χ1n) is 6.71. The van der Waals surface area contributed by atoms with Crippen LogP contribution in [0.2, 0.25) is 0 Å². The maximum atomic E-state index is 11.7. The van der Waals surface area contributed by atoms with E-state index in [9.17, 15) is 8.42 Å². The quantitative estimate of drug-likeness (QED) is 0.773. The average Bonchev–Trinajstić information content (AvgIpc) is 2.82. The molecule has 0 amide bonds. The van der Waals surface area contributed by atoms with E-state index in [2.05, 4.69) is 14.5 Å². The van der Waals surface area contributed by atoms with E-state index in [1.807, 2.05) is 13.1 Å². The molecular formula is C12H22N4O2S. The molecule has 0 bridgehead atoms. The summed E-state index contributed by atoms with van der Waals surface area (Å²) in [5.41, 5.74) is 0. The Morgan fingerprint density at radius 1 is 1.21 bits per heavy atom. The predicted octanol–water partition coefficient (Wildman–Crippen LogP) is 0.159. The van der Waals surface area contributed by atoms with Crippen molar-refractivity contribution in [2.75, 3.05) is 38.5 Å². The summed E-state index contributed by atoms with van der Waals surface area (Å²) < 4.78 is 27.2. The summed E-state index contributed by atoms with van der Waals surface area (Å²) in [6.45, 7) is 8.39. The molecule has 1 saturated heterocycles. The molecule has 0 aliphatic carbocycles. The molecule has 0 aromatic carbocycles. The Balaban J connectivity index is 1.80. The van der Waals surface area contributed by atoms with Gasteiger partial charge in [0.1, 0.15) is 5.82 Å². The van der Waals surface area contributed by atoms with Crippen molar-refractivity contribution in [1.82, 2.24) is 18.8 Å². The van der Waals surface area contributed by atoms with E-state index in [1.54, 1.807) is 17.4 Å². The third kappa shape index (κ3) is 3.55. The van der Waals surface area contributed by atoms with Crippen LogP contribution < -0.4 is 0 Å². The van der Waals surface area contributed by atoms with Crippen LogP contribution in [0.1, 0.15) is 12.7 Å². The number of hydrogen-bond acceptors (Lipinski definition) is 4. The zero-order valence-corrected chi connectivity index (χ0v) is 12.4. The van der Waals surface area contributed by atoms with Crippen molar-refractivity contribution in [1.29, 1.82) is 0 Å². The third-order valence-corrected chi connectivity index (χ3v) is 5.55. The van der Waals surface area contributed by atoms with E-state index in [1.165, 1.54) is 0 Å². The molecule has 1 aliphatic heterocycles. The molecule has 1 fully saturated rings. The van der Waals surface area contributed by atoms with Crippen molar-refractivity contribution < 1.29 is 8.42 Å². The Hall–Kier alpha value is -0.920. The molecule has 0 radical (unpaired) electrons. The molecule has 0 unspecified atom stereocenters. The SMILES string of the molecule is CCS(=O)(=O)N1CCN(CCn2ccnc2C)CC1. The van der Waals surface area contributed by atoms with Gasteiger partial charge in [0.25, 0.3) is 0 Å². The Labute approximate surface area is 115 Å². The van der Waals surface area contributed by atoms with Crippen molar-refractivity contribution in [2.45, 2.75) is 20.4 Å². The smallest absolute Gasteiger partial charge is 0.213 e. The van der Waals surface area contributed by atoms with Gasteiger partial charge in [0.05, 0.1) is 5.75 Å². The van der Waals surface area contributed by atoms with Gasteiger partial charge >= 0.3 is 0 Å². The normalized spacial score (nSPS) is 18.8. The Morgan fingerprint density at radius 3 is 2.42 bits per heavy atom. The largest absolute Gasteiger partial charge is 0.334 e. The lowest BCUT2D eigenvalue weighted by atomic mass is 10.3. The fraction of sp³-hybridized carbons (Fsp3) is 0.750. The summed E-state index contributed by atoms with van der Waals surface area (Å²) in [6.07, 6.45) is 3.79. The highest BCUT2D eigenvalue weighted by Crippen LogP contribution is 2.08. The molecule has 0 spiro atoms. The number of nitrogens with zero attached hydrogens (tertiary/aromatic N) is 4. The van der Waals surface area contributed by atoms with Crippen LogP contribution in [0.15, 0.2) is 12.4 Å². The molecule has 6 nitrogen and oxygen atoms in total. The van der Waals surface area contributed by atoms with E-state index in [4.69, 9.17) is 0 Å². The van der Waals surface area contributed by atoms with Crippen LogP contribution in [0.5, 0.6) is 0 Å². The van der Waals surface area contributed by atoms with Crippen molar-refractivity contribution in [3.05, 3.63) is 18.2 Å². The zero-order chi connectivity index (χ0) is 13.9. The summed E-state index contributed by atoms with van der Waals surface area (Å²) in [4.78, 5) is 6.50. The number of hydrogen-bond donors (Lipinski definition) is 0. The number of piperazine rings is 1. The van der Waals surface area contributed by atoms with Crippen LogP contribution in [-0.4, -0.2) is 65.7 Å². The van der Waals surface area contributed by atoms with Crippen molar-refractivity contribution in [3.8, 4) is 0 Å². The van der Waals surface area contributed by atoms with Crippen LogP contribution in [0, 0.1) is 6.92 Å². The minimum absolute atomic E-state index is 0.196. The fourth-order valence-electron chi connectivity index (χ4n) is 2.30. The van der Waals surface area contributed by atoms with Crippen LogP contribution in [0.25, 0.3) is 0 Å². The first-order valence-corrected chi connectivity index (χ1v) is 8.32. The molecule has 1 aromatic rings. The maximum absolute atomic E-state index is 11.7. The number of imidazole rings is 1. The van der Waals surface area contributed by atoms with Gasteiger partial charge in [0.2, 0.25) is 10.0 Å². The molecule has 108 valence electrons. The molecule has 2 heterocycles. The first-order chi connectivity index (χ1) is 9.03. The van der Waals surface area contributed by atoms with E-state index in [0.29, 0.717) is 13.1 Å². The number of aryl methyl sites for hydroxylation is 1. The molecule has 1 aromatic heterocycles. The van der Waals surface area contributed by atoms with Gasteiger partial charge in [-0.3, -0.25) is 4.90 Å². The summed E-state index contributed by atoms with van der Waals surface area (Å²) in [6, 6.07) is 0. The van der Waals surface area contributed by atoms with Crippen LogP contribution >= 0.6 is 0 Å². The second-order valence-electron chi connectivity index (χ2n) is 4.81. The van der Waals surface area contributed by atoms with Gasteiger partial charge in [-0.15, -0.1) is 0 Å². The van der Waals surface area contributed by atoms with Crippen LogP contribution in [0.3, 0.4) is 0 Å². The van der Waals surface area contributed by atoms with Crippen molar-refractivity contribution in [3.63, 3.8) is 0 Å². The van der Waals surface area contributed by atoms with Gasteiger partial charge in [-0.05, 0) is 13.8 Å². The van der Waals surface area contributed by atoms with Crippen molar-refractivity contribution >= 4 is 10.0 Å². The first kappa shape index (κ1) is 14.5. The lowest BCUT2D eigenvalue weighted by Gasteiger charge is -2.33. The second-order valence-corrected chi connectivity index (χ2v) is 7.07. The van der Waals surface area contributed by atoms with Crippen LogP contribution in [-0.2, 0) is 16.6 Å². The number of sulfonamides is 1. The predicted molar refractivity (Wildman–Crippen MR) is 74.4 cm³/mol. The van der Waals surface area contributed by atoms with Crippen molar-refractivity contribution in [2.24, 2.45) is 0 Å². The fourth-order valence-corrected chi connectivity index (χ4v) is 3.39. The molecule has 0 saturated carbocycles. The van der Waals surface area contributed by atoms with Crippen LogP contribution in [0.4, 0.5) is 0 Å². The number of aromatic nitrogens is 2. The lowest BCUT2D eigenvalue weighted by molar-refractivity contribution is 0.182. The lowest BCUT2D eigenvalue weighted by Crippen LogP contribution is -2.49. The topological polar surface area (TPSA) is 58.4 Å². The summed E-state index contributed by atoms with van der Waals surface area (Å²) in [5.74, 6) is 1.22. The molecular weight excluding hydrogens is 264 g/mol. The second kappa shape index (κ2) is 6.02. The van der Waals surface area contributed by atoms with Gasteiger partial charge in [-0.2, -0.15) is 4.31 Å². The molecule has 0 N–H and O–H groups in total. The highest BCUT2D eigenvalue weighted by atomic mass is 32.2. The molecule has 0 atom stereocenters. The highest BCUT2D eigenvalue weighted by Gasteiger charge is 2.24. The molecule has 7 heteroatoms.